The summed E-state index contributed by atoms with van der Waals surface area (Å²) in [5, 5.41) is 8.59. The van der Waals surface area contributed by atoms with E-state index in [9.17, 15) is 8.42 Å². The highest BCUT2D eigenvalue weighted by atomic mass is 32.2. The second-order valence-corrected chi connectivity index (χ2v) is 9.74. The van der Waals surface area contributed by atoms with E-state index in [0.717, 1.165) is 43.6 Å². The normalized spacial score (nSPS) is 19.0. The number of hydrogen-bond acceptors (Lipinski definition) is 4. The molecule has 0 spiro atoms. The zero-order valence-electron chi connectivity index (χ0n) is 15.8. The smallest absolute Gasteiger partial charge is 0.243 e. The maximum absolute atomic E-state index is 13.2. The maximum atomic E-state index is 13.2. The molecule has 1 saturated heterocycles. The molecule has 3 aromatic rings. The SMILES string of the molecule is O=S(=O)(c1ccc2c(c1)CCCC2)N1CCC(c2nnc3ccccn23)CC1. The third-order valence-electron chi connectivity index (χ3n) is 6.12. The van der Waals surface area contributed by atoms with Crippen molar-refractivity contribution in [1.29, 1.82) is 0 Å². The fourth-order valence-corrected chi connectivity index (χ4v) is 6.03. The van der Waals surface area contributed by atoms with Crippen molar-refractivity contribution in [2.75, 3.05) is 13.1 Å². The minimum Gasteiger partial charge on any atom is -0.286 e. The quantitative estimate of drug-likeness (QED) is 0.682. The summed E-state index contributed by atoms with van der Waals surface area (Å²) >= 11 is 0. The standard InChI is InChI=1S/C21H24N4O2S/c26-28(27,19-9-8-16-5-1-2-6-18(16)15-19)24-13-10-17(11-14-24)21-23-22-20-7-3-4-12-25(20)21/h3-4,7-9,12,15,17H,1-2,5-6,10-11,13-14H2. The summed E-state index contributed by atoms with van der Waals surface area (Å²) in [4.78, 5) is 0.444. The largest absolute Gasteiger partial charge is 0.286 e. The number of hydrogen-bond donors (Lipinski definition) is 0. The van der Waals surface area contributed by atoms with E-state index in [4.69, 9.17) is 0 Å². The molecular formula is C21H24N4O2S. The predicted molar refractivity (Wildman–Crippen MR) is 107 cm³/mol. The lowest BCUT2D eigenvalue weighted by Gasteiger charge is -2.30. The van der Waals surface area contributed by atoms with Gasteiger partial charge in [0.05, 0.1) is 4.90 Å². The van der Waals surface area contributed by atoms with Crippen molar-refractivity contribution < 1.29 is 8.42 Å². The Kier molecular flexibility index (Phi) is 4.44. The average Bonchev–Trinajstić information content (AvgIpc) is 3.17. The molecule has 0 amide bonds. The fraction of sp³-hybridized carbons (Fsp3) is 0.429. The van der Waals surface area contributed by atoms with Crippen molar-refractivity contribution in [2.45, 2.75) is 49.3 Å². The first kappa shape index (κ1) is 17.8. The van der Waals surface area contributed by atoms with Gasteiger partial charge in [-0.2, -0.15) is 4.31 Å². The number of aromatic nitrogens is 3. The van der Waals surface area contributed by atoms with Gasteiger partial charge in [-0.1, -0.05) is 12.1 Å². The number of sulfonamides is 1. The molecule has 2 aromatic heterocycles. The molecule has 5 rings (SSSR count). The van der Waals surface area contributed by atoms with E-state index in [1.165, 1.54) is 17.5 Å². The Labute approximate surface area is 165 Å². The topological polar surface area (TPSA) is 67.6 Å². The summed E-state index contributed by atoms with van der Waals surface area (Å²) in [5.41, 5.74) is 3.35. The molecule has 1 aliphatic carbocycles. The van der Waals surface area contributed by atoms with E-state index in [2.05, 4.69) is 10.2 Å². The minimum absolute atomic E-state index is 0.229. The highest BCUT2D eigenvalue weighted by Crippen LogP contribution is 2.31. The Bertz CT molecular complexity index is 1110. The van der Waals surface area contributed by atoms with Gasteiger partial charge in [-0.05, 0) is 73.9 Å². The molecule has 0 saturated carbocycles. The molecule has 2 aliphatic rings. The maximum Gasteiger partial charge on any atom is 0.243 e. The molecule has 6 nitrogen and oxygen atoms in total. The lowest BCUT2D eigenvalue weighted by molar-refractivity contribution is 0.312. The molecule has 0 bridgehead atoms. The van der Waals surface area contributed by atoms with Crippen molar-refractivity contribution in [1.82, 2.24) is 18.9 Å². The van der Waals surface area contributed by atoms with Crippen LogP contribution < -0.4 is 0 Å². The van der Waals surface area contributed by atoms with Crippen molar-refractivity contribution in [2.24, 2.45) is 0 Å². The van der Waals surface area contributed by atoms with Crippen LogP contribution >= 0.6 is 0 Å². The highest BCUT2D eigenvalue weighted by Gasteiger charge is 2.32. The number of aryl methyl sites for hydroxylation is 2. The van der Waals surface area contributed by atoms with E-state index in [0.29, 0.717) is 18.0 Å². The van der Waals surface area contributed by atoms with Gasteiger partial charge in [-0.15, -0.1) is 10.2 Å². The Morgan fingerprint density at radius 1 is 0.929 bits per heavy atom. The van der Waals surface area contributed by atoms with Crippen LogP contribution in [-0.4, -0.2) is 40.4 Å². The summed E-state index contributed by atoms with van der Waals surface area (Å²) in [6.07, 6.45) is 7.90. The van der Waals surface area contributed by atoms with Crippen LogP contribution in [0.2, 0.25) is 0 Å². The van der Waals surface area contributed by atoms with Gasteiger partial charge in [0.1, 0.15) is 5.82 Å². The molecule has 28 heavy (non-hydrogen) atoms. The van der Waals surface area contributed by atoms with Gasteiger partial charge in [0.25, 0.3) is 0 Å². The average molecular weight is 397 g/mol. The van der Waals surface area contributed by atoms with Crippen molar-refractivity contribution in [3.8, 4) is 0 Å². The van der Waals surface area contributed by atoms with Gasteiger partial charge < -0.3 is 0 Å². The first-order valence-electron chi connectivity index (χ1n) is 10.0. The van der Waals surface area contributed by atoms with E-state index < -0.39 is 10.0 Å². The number of rotatable bonds is 3. The zero-order chi connectivity index (χ0) is 19.1. The number of fused-ring (bicyclic) bond motifs is 2. The Morgan fingerprint density at radius 3 is 2.54 bits per heavy atom. The highest BCUT2D eigenvalue weighted by molar-refractivity contribution is 7.89. The van der Waals surface area contributed by atoms with E-state index in [1.807, 2.05) is 40.9 Å². The summed E-state index contributed by atoms with van der Waals surface area (Å²) in [7, 11) is -3.44. The molecule has 0 radical (unpaired) electrons. The Morgan fingerprint density at radius 2 is 1.71 bits per heavy atom. The van der Waals surface area contributed by atoms with Crippen molar-refractivity contribution >= 4 is 15.7 Å². The molecule has 0 N–H and O–H groups in total. The molecule has 0 atom stereocenters. The van der Waals surface area contributed by atoms with Crippen LogP contribution in [0.15, 0.2) is 47.5 Å². The predicted octanol–water partition coefficient (Wildman–Crippen LogP) is 3.18. The van der Waals surface area contributed by atoms with Crippen LogP contribution in [0.1, 0.15) is 48.6 Å². The first-order valence-corrected chi connectivity index (χ1v) is 11.5. The third kappa shape index (κ3) is 3.02. The van der Waals surface area contributed by atoms with Crippen molar-refractivity contribution in [3.63, 3.8) is 0 Å². The fourth-order valence-electron chi connectivity index (χ4n) is 4.51. The van der Waals surface area contributed by atoms with E-state index in [1.54, 1.807) is 10.4 Å². The number of piperidine rings is 1. The second-order valence-electron chi connectivity index (χ2n) is 7.80. The van der Waals surface area contributed by atoms with Crippen LogP contribution in [-0.2, 0) is 22.9 Å². The molecule has 7 heteroatoms. The van der Waals surface area contributed by atoms with Gasteiger partial charge in [0, 0.05) is 25.2 Å². The van der Waals surface area contributed by atoms with Gasteiger partial charge in [0.2, 0.25) is 10.0 Å². The number of nitrogens with zero attached hydrogens (tertiary/aromatic N) is 4. The van der Waals surface area contributed by atoms with Crippen LogP contribution in [0.3, 0.4) is 0 Å². The first-order chi connectivity index (χ1) is 13.6. The van der Waals surface area contributed by atoms with Gasteiger partial charge in [0.15, 0.2) is 5.65 Å². The number of benzene rings is 1. The molecule has 1 aromatic carbocycles. The molecule has 146 valence electrons. The van der Waals surface area contributed by atoms with Gasteiger partial charge >= 0.3 is 0 Å². The minimum atomic E-state index is -3.44. The summed E-state index contributed by atoms with van der Waals surface area (Å²) in [6, 6.07) is 11.6. The van der Waals surface area contributed by atoms with Crippen LogP contribution in [0.5, 0.6) is 0 Å². The molecule has 3 heterocycles. The number of pyridine rings is 1. The third-order valence-corrected chi connectivity index (χ3v) is 8.01. The molecule has 1 fully saturated rings. The zero-order valence-corrected chi connectivity index (χ0v) is 16.6. The molecule has 1 aliphatic heterocycles. The van der Waals surface area contributed by atoms with Crippen LogP contribution in [0.4, 0.5) is 0 Å². The lowest BCUT2D eigenvalue weighted by Crippen LogP contribution is -2.38. The molecular weight excluding hydrogens is 372 g/mol. The van der Waals surface area contributed by atoms with E-state index in [-0.39, 0.29) is 5.92 Å². The summed E-state index contributed by atoms with van der Waals surface area (Å²) in [5.74, 6) is 1.16. The summed E-state index contributed by atoms with van der Waals surface area (Å²) in [6.45, 7) is 1.04. The van der Waals surface area contributed by atoms with Crippen LogP contribution in [0.25, 0.3) is 5.65 Å². The second kappa shape index (κ2) is 6.97. The Hall–Kier alpha value is -2.25. The van der Waals surface area contributed by atoms with Crippen molar-refractivity contribution in [3.05, 3.63) is 59.5 Å². The van der Waals surface area contributed by atoms with Crippen LogP contribution in [0, 0.1) is 0 Å². The summed E-state index contributed by atoms with van der Waals surface area (Å²) < 4.78 is 30.0. The lowest BCUT2D eigenvalue weighted by atomic mass is 9.92. The monoisotopic (exact) mass is 396 g/mol. The Balaban J connectivity index is 1.34. The van der Waals surface area contributed by atoms with Gasteiger partial charge in [-0.25, -0.2) is 8.42 Å². The molecule has 0 unspecified atom stereocenters. The van der Waals surface area contributed by atoms with E-state index >= 15 is 0 Å². The van der Waals surface area contributed by atoms with Gasteiger partial charge in [-0.3, -0.25) is 4.40 Å².